The van der Waals surface area contributed by atoms with Gasteiger partial charge in [0.2, 0.25) is 0 Å². The molecule has 0 unspecified atom stereocenters. The molecule has 2 aromatic carbocycles. The number of hydrogen-bond acceptors (Lipinski definition) is 3. The first-order chi connectivity index (χ1) is 9.78. The highest BCUT2D eigenvalue weighted by molar-refractivity contribution is 7.19. The lowest BCUT2D eigenvalue weighted by Crippen LogP contribution is -1.85. The average molecular weight is 281 g/mol. The molecular formula is C17H15NOS. The lowest BCUT2D eigenvalue weighted by atomic mass is 10.1. The van der Waals surface area contributed by atoms with Crippen molar-refractivity contribution in [1.82, 2.24) is 0 Å². The van der Waals surface area contributed by atoms with Crippen molar-refractivity contribution < 1.29 is 4.74 Å². The first-order valence-electron chi connectivity index (χ1n) is 6.37. The molecule has 0 atom stereocenters. The molecule has 0 aliphatic heterocycles. The van der Waals surface area contributed by atoms with Crippen LogP contribution in [0.4, 0.5) is 5.00 Å². The largest absolute Gasteiger partial charge is 0.497 e. The predicted octanol–water partition coefficient (Wildman–Crippen LogP) is 4.67. The Morgan fingerprint density at radius 3 is 2.40 bits per heavy atom. The third-order valence-corrected chi connectivity index (χ3v) is 4.21. The number of methoxy groups -OCH3 is 1. The number of thiophene rings is 1. The maximum atomic E-state index is 6.18. The van der Waals surface area contributed by atoms with Crippen molar-refractivity contribution >= 4 is 16.3 Å². The number of nitrogen functional groups attached to an aromatic ring is 1. The van der Waals surface area contributed by atoms with Crippen molar-refractivity contribution in [1.29, 1.82) is 0 Å². The molecule has 0 saturated heterocycles. The zero-order valence-corrected chi connectivity index (χ0v) is 12.0. The molecule has 3 rings (SSSR count). The van der Waals surface area contributed by atoms with E-state index in [9.17, 15) is 0 Å². The number of ether oxygens (including phenoxy) is 1. The first-order valence-corrected chi connectivity index (χ1v) is 7.19. The van der Waals surface area contributed by atoms with E-state index >= 15 is 0 Å². The molecule has 0 fully saturated rings. The first kappa shape index (κ1) is 12.8. The third kappa shape index (κ3) is 2.40. The van der Waals surface area contributed by atoms with Gasteiger partial charge in [-0.25, -0.2) is 0 Å². The molecule has 100 valence electrons. The molecule has 0 saturated carbocycles. The van der Waals surface area contributed by atoms with E-state index in [-0.39, 0.29) is 0 Å². The Kier molecular flexibility index (Phi) is 3.44. The fourth-order valence-corrected chi connectivity index (χ4v) is 3.12. The van der Waals surface area contributed by atoms with E-state index < -0.39 is 0 Å². The average Bonchev–Trinajstić information content (AvgIpc) is 2.90. The van der Waals surface area contributed by atoms with Gasteiger partial charge in [0.25, 0.3) is 0 Å². The molecule has 0 radical (unpaired) electrons. The summed E-state index contributed by atoms with van der Waals surface area (Å²) in [5.74, 6) is 0.842. The van der Waals surface area contributed by atoms with Crippen LogP contribution in [0.15, 0.2) is 60.7 Å². The monoisotopic (exact) mass is 281 g/mol. The minimum Gasteiger partial charge on any atom is -0.497 e. The molecular weight excluding hydrogens is 266 g/mol. The summed E-state index contributed by atoms with van der Waals surface area (Å²) in [7, 11) is 1.67. The van der Waals surface area contributed by atoms with Crippen LogP contribution < -0.4 is 10.5 Å². The van der Waals surface area contributed by atoms with Gasteiger partial charge >= 0.3 is 0 Å². The normalized spacial score (nSPS) is 10.4. The fourth-order valence-electron chi connectivity index (χ4n) is 2.17. The van der Waals surface area contributed by atoms with Gasteiger partial charge in [0, 0.05) is 10.4 Å². The topological polar surface area (TPSA) is 35.2 Å². The van der Waals surface area contributed by atoms with Crippen molar-refractivity contribution in [2.45, 2.75) is 0 Å². The van der Waals surface area contributed by atoms with Crippen molar-refractivity contribution in [3.8, 4) is 27.3 Å². The molecule has 2 nitrogen and oxygen atoms in total. The van der Waals surface area contributed by atoms with Gasteiger partial charge in [-0.3, -0.25) is 0 Å². The van der Waals surface area contributed by atoms with Crippen LogP contribution >= 0.6 is 11.3 Å². The molecule has 0 spiro atoms. The Morgan fingerprint density at radius 1 is 0.900 bits per heavy atom. The minimum absolute atomic E-state index is 0.831. The highest BCUT2D eigenvalue weighted by Gasteiger charge is 2.10. The Labute approximate surface area is 122 Å². The number of anilines is 1. The van der Waals surface area contributed by atoms with E-state index in [2.05, 4.69) is 24.3 Å². The predicted molar refractivity (Wildman–Crippen MR) is 86.2 cm³/mol. The van der Waals surface area contributed by atoms with Gasteiger partial charge in [-0.2, -0.15) is 0 Å². The fraction of sp³-hybridized carbons (Fsp3) is 0.0588. The van der Waals surface area contributed by atoms with Crippen LogP contribution in [-0.4, -0.2) is 7.11 Å². The molecule has 0 aliphatic carbocycles. The Balaban J connectivity index is 2.05. The highest BCUT2D eigenvalue weighted by Crippen LogP contribution is 2.39. The van der Waals surface area contributed by atoms with Crippen LogP contribution in [0.2, 0.25) is 0 Å². The summed E-state index contributed by atoms with van der Waals surface area (Å²) >= 11 is 1.61. The summed E-state index contributed by atoms with van der Waals surface area (Å²) in [6, 6.07) is 20.4. The zero-order valence-electron chi connectivity index (χ0n) is 11.2. The SMILES string of the molecule is COc1cccc(-c2cc(-c3ccccc3)sc2N)c1. The molecule has 3 aromatic rings. The van der Waals surface area contributed by atoms with Crippen LogP contribution in [0.25, 0.3) is 21.6 Å². The van der Waals surface area contributed by atoms with Crippen molar-refractivity contribution in [2.24, 2.45) is 0 Å². The number of rotatable bonds is 3. The van der Waals surface area contributed by atoms with Crippen LogP contribution in [0, 0.1) is 0 Å². The van der Waals surface area contributed by atoms with Crippen molar-refractivity contribution in [3.05, 3.63) is 60.7 Å². The number of nitrogens with two attached hydrogens (primary N) is 1. The van der Waals surface area contributed by atoms with Crippen molar-refractivity contribution in [3.63, 3.8) is 0 Å². The molecule has 3 heteroatoms. The maximum Gasteiger partial charge on any atom is 0.119 e. The summed E-state index contributed by atoms with van der Waals surface area (Å²) < 4.78 is 5.27. The molecule has 0 amide bonds. The van der Waals surface area contributed by atoms with Gasteiger partial charge in [-0.15, -0.1) is 11.3 Å². The van der Waals surface area contributed by atoms with Crippen LogP contribution in [0.3, 0.4) is 0 Å². The molecule has 2 N–H and O–H groups in total. The second kappa shape index (κ2) is 5.39. The lowest BCUT2D eigenvalue weighted by Gasteiger charge is -2.03. The van der Waals surface area contributed by atoms with E-state index in [4.69, 9.17) is 10.5 Å². The summed E-state index contributed by atoms with van der Waals surface area (Å²) in [5.41, 5.74) is 9.52. The van der Waals surface area contributed by atoms with E-state index in [1.165, 1.54) is 10.4 Å². The number of benzene rings is 2. The quantitative estimate of drug-likeness (QED) is 0.757. The van der Waals surface area contributed by atoms with Gasteiger partial charge in [-0.1, -0.05) is 42.5 Å². The van der Waals surface area contributed by atoms with E-state index in [1.54, 1.807) is 18.4 Å². The maximum absolute atomic E-state index is 6.18. The number of hydrogen-bond donors (Lipinski definition) is 1. The van der Waals surface area contributed by atoms with Crippen molar-refractivity contribution in [2.75, 3.05) is 12.8 Å². The van der Waals surface area contributed by atoms with Crippen LogP contribution in [-0.2, 0) is 0 Å². The summed E-state index contributed by atoms with van der Waals surface area (Å²) in [4.78, 5) is 1.18. The Morgan fingerprint density at radius 2 is 1.65 bits per heavy atom. The lowest BCUT2D eigenvalue weighted by molar-refractivity contribution is 0.415. The summed E-state index contributed by atoms with van der Waals surface area (Å²) in [6.07, 6.45) is 0. The van der Waals surface area contributed by atoms with E-state index in [0.29, 0.717) is 0 Å². The van der Waals surface area contributed by atoms with Gasteiger partial charge in [0.1, 0.15) is 5.75 Å². The van der Waals surface area contributed by atoms with Gasteiger partial charge in [0.05, 0.1) is 12.1 Å². The van der Waals surface area contributed by atoms with Crippen LogP contribution in [0.5, 0.6) is 5.75 Å². The second-order valence-electron chi connectivity index (χ2n) is 4.49. The van der Waals surface area contributed by atoms with E-state index in [0.717, 1.165) is 21.9 Å². The minimum atomic E-state index is 0.831. The summed E-state index contributed by atoms with van der Waals surface area (Å²) in [6.45, 7) is 0. The standard InChI is InChI=1S/C17H15NOS/c1-19-14-9-5-8-13(10-14)15-11-16(20-17(15)18)12-6-3-2-4-7-12/h2-11H,18H2,1H3. The summed E-state index contributed by atoms with van der Waals surface area (Å²) in [5, 5.41) is 0.831. The Hall–Kier alpha value is -2.26. The third-order valence-electron chi connectivity index (χ3n) is 3.20. The molecule has 20 heavy (non-hydrogen) atoms. The highest BCUT2D eigenvalue weighted by atomic mass is 32.1. The van der Waals surface area contributed by atoms with E-state index in [1.807, 2.05) is 36.4 Å². The molecule has 0 aliphatic rings. The Bertz CT molecular complexity index is 719. The zero-order chi connectivity index (χ0) is 13.9. The molecule has 1 heterocycles. The van der Waals surface area contributed by atoms with Gasteiger partial charge < -0.3 is 10.5 Å². The van der Waals surface area contributed by atoms with Gasteiger partial charge in [0.15, 0.2) is 0 Å². The second-order valence-corrected chi connectivity index (χ2v) is 5.57. The smallest absolute Gasteiger partial charge is 0.119 e. The van der Waals surface area contributed by atoms with Gasteiger partial charge in [-0.05, 0) is 29.3 Å². The molecule has 1 aromatic heterocycles. The van der Waals surface area contributed by atoms with Crippen LogP contribution in [0.1, 0.15) is 0 Å². The molecule has 0 bridgehead atoms.